The van der Waals surface area contributed by atoms with Crippen LogP contribution in [0, 0.1) is 24.2 Å². The summed E-state index contributed by atoms with van der Waals surface area (Å²) in [6.07, 6.45) is 3.53. The number of hydrogen-bond donors (Lipinski definition) is 2. The summed E-state index contributed by atoms with van der Waals surface area (Å²) < 4.78 is 13.3. The maximum absolute atomic E-state index is 13.3. The highest BCUT2D eigenvalue weighted by Gasteiger charge is 2.05. The number of thioether (sulfide) groups is 1. The molecule has 3 nitrogen and oxygen atoms in total. The number of benzene rings is 1. The molecule has 0 atom stereocenters. The number of aryl methyl sites for hydroxylation is 1. The smallest absolute Gasteiger partial charge is 0.183 e. The summed E-state index contributed by atoms with van der Waals surface area (Å²) in [5.41, 5.74) is 0.918. The Morgan fingerprint density at radius 1 is 1.62 bits per heavy atom. The van der Waals surface area contributed by atoms with E-state index in [1.54, 1.807) is 25.4 Å². The largest absolute Gasteiger partial charge is 0.271 e. The zero-order valence-corrected chi connectivity index (χ0v) is 10.5. The van der Waals surface area contributed by atoms with Gasteiger partial charge in [0.2, 0.25) is 0 Å². The Balaban J connectivity index is 3.14. The molecular formula is C10H10FN3S2. The summed E-state index contributed by atoms with van der Waals surface area (Å²) in [4.78, 5) is 4.67. The minimum Gasteiger partial charge on any atom is -0.271 e. The van der Waals surface area contributed by atoms with Crippen molar-refractivity contribution in [3.05, 3.63) is 23.5 Å². The van der Waals surface area contributed by atoms with Gasteiger partial charge in [0.25, 0.3) is 0 Å². The van der Waals surface area contributed by atoms with Crippen LogP contribution in [-0.2, 0) is 0 Å². The summed E-state index contributed by atoms with van der Waals surface area (Å²) >= 11 is 5.47. The quantitative estimate of drug-likeness (QED) is 0.267. The normalized spacial score (nSPS) is 11.1. The van der Waals surface area contributed by atoms with Crippen LogP contribution in [0.2, 0.25) is 0 Å². The fourth-order valence-corrected chi connectivity index (χ4v) is 1.67. The predicted molar refractivity (Wildman–Crippen MR) is 67.7 cm³/mol. The second-order valence-corrected chi connectivity index (χ2v) is 4.22. The van der Waals surface area contributed by atoms with Gasteiger partial charge < -0.3 is 0 Å². The van der Waals surface area contributed by atoms with E-state index in [1.165, 1.54) is 17.8 Å². The SMILES string of the molecule is CSC(=Nc1cc(F)c(C)cc1S)NC#N. The van der Waals surface area contributed by atoms with Crippen LogP contribution in [-0.4, -0.2) is 11.4 Å². The van der Waals surface area contributed by atoms with Crippen LogP contribution in [0.5, 0.6) is 0 Å². The first kappa shape index (κ1) is 12.9. The predicted octanol–water partition coefficient (Wildman–Crippen LogP) is 2.84. The molecule has 0 unspecified atom stereocenters. The zero-order valence-electron chi connectivity index (χ0n) is 8.78. The summed E-state index contributed by atoms with van der Waals surface area (Å²) in [7, 11) is 0. The van der Waals surface area contributed by atoms with Crippen LogP contribution in [0.4, 0.5) is 10.1 Å². The van der Waals surface area contributed by atoms with E-state index < -0.39 is 0 Å². The van der Waals surface area contributed by atoms with E-state index >= 15 is 0 Å². The van der Waals surface area contributed by atoms with Gasteiger partial charge >= 0.3 is 0 Å². The molecule has 1 rings (SSSR count). The lowest BCUT2D eigenvalue weighted by Gasteiger charge is -2.04. The van der Waals surface area contributed by atoms with Gasteiger partial charge in [-0.25, -0.2) is 9.38 Å². The fourth-order valence-electron chi connectivity index (χ4n) is 1.03. The van der Waals surface area contributed by atoms with Gasteiger partial charge in [0, 0.05) is 11.0 Å². The highest BCUT2D eigenvalue weighted by Crippen LogP contribution is 2.26. The Morgan fingerprint density at radius 3 is 2.88 bits per heavy atom. The number of halogens is 1. The highest BCUT2D eigenvalue weighted by atomic mass is 32.2. The number of nitriles is 1. The molecule has 0 heterocycles. The van der Waals surface area contributed by atoms with E-state index in [9.17, 15) is 4.39 Å². The molecule has 0 saturated heterocycles. The molecule has 1 N–H and O–H groups in total. The molecule has 0 bridgehead atoms. The number of aliphatic imine (C=N–C) groups is 1. The van der Waals surface area contributed by atoms with Gasteiger partial charge in [-0.15, -0.1) is 12.6 Å². The van der Waals surface area contributed by atoms with Crippen LogP contribution in [0.15, 0.2) is 22.0 Å². The monoisotopic (exact) mass is 255 g/mol. The molecule has 0 aliphatic carbocycles. The van der Waals surface area contributed by atoms with Crippen molar-refractivity contribution in [3.63, 3.8) is 0 Å². The Bertz CT molecular complexity index is 466. The van der Waals surface area contributed by atoms with Gasteiger partial charge in [0.15, 0.2) is 11.4 Å². The van der Waals surface area contributed by atoms with Gasteiger partial charge in [-0.3, -0.25) is 5.32 Å². The van der Waals surface area contributed by atoms with Crippen molar-refractivity contribution >= 4 is 35.2 Å². The molecule has 0 amide bonds. The standard InChI is InChI=1S/C10H10FN3S2/c1-6-3-9(15)8(4-7(6)11)14-10(16-2)13-5-12/h3-4,15H,1-2H3,(H,13,14). The minimum absolute atomic E-state index is 0.339. The molecule has 16 heavy (non-hydrogen) atoms. The Labute approximate surface area is 103 Å². The van der Waals surface area contributed by atoms with E-state index in [4.69, 9.17) is 5.26 Å². The molecule has 0 spiro atoms. The van der Waals surface area contributed by atoms with E-state index in [0.29, 0.717) is 21.3 Å². The number of hydrogen-bond acceptors (Lipinski definition) is 4. The second kappa shape index (κ2) is 5.77. The molecule has 0 aromatic heterocycles. The van der Waals surface area contributed by atoms with Gasteiger partial charge in [-0.05, 0) is 24.8 Å². The zero-order chi connectivity index (χ0) is 12.1. The molecule has 0 radical (unpaired) electrons. The van der Waals surface area contributed by atoms with Crippen molar-refractivity contribution in [2.45, 2.75) is 11.8 Å². The summed E-state index contributed by atoms with van der Waals surface area (Å²) in [6, 6.07) is 2.90. The number of thiol groups is 1. The third-order valence-corrected chi connectivity index (χ3v) is 2.77. The average Bonchev–Trinajstić information content (AvgIpc) is 2.25. The Hall–Kier alpha value is -1.19. The molecule has 0 aliphatic rings. The average molecular weight is 255 g/mol. The number of nitrogens with one attached hydrogen (secondary N) is 1. The van der Waals surface area contributed by atoms with E-state index in [-0.39, 0.29) is 5.82 Å². The van der Waals surface area contributed by atoms with Crippen molar-refractivity contribution in [3.8, 4) is 6.19 Å². The lowest BCUT2D eigenvalue weighted by Crippen LogP contribution is -2.12. The van der Waals surface area contributed by atoms with Crippen LogP contribution < -0.4 is 5.32 Å². The van der Waals surface area contributed by atoms with Gasteiger partial charge in [-0.2, -0.15) is 5.26 Å². The van der Waals surface area contributed by atoms with E-state index in [2.05, 4.69) is 22.9 Å². The molecule has 0 aliphatic heterocycles. The van der Waals surface area contributed by atoms with Crippen LogP contribution in [0.3, 0.4) is 0 Å². The molecule has 84 valence electrons. The van der Waals surface area contributed by atoms with Crippen molar-refractivity contribution in [2.24, 2.45) is 4.99 Å². The third-order valence-electron chi connectivity index (χ3n) is 1.83. The molecular weight excluding hydrogens is 245 g/mol. The Morgan fingerprint density at radius 2 is 2.31 bits per heavy atom. The van der Waals surface area contributed by atoms with Crippen LogP contribution in [0.1, 0.15) is 5.56 Å². The summed E-state index contributed by atoms with van der Waals surface area (Å²) in [6.45, 7) is 1.66. The minimum atomic E-state index is -0.339. The van der Waals surface area contributed by atoms with Gasteiger partial charge in [0.1, 0.15) is 5.82 Å². The number of rotatable bonds is 1. The first-order chi connectivity index (χ1) is 7.58. The summed E-state index contributed by atoms with van der Waals surface area (Å²) in [5.74, 6) is -0.339. The van der Waals surface area contributed by atoms with E-state index in [1.807, 2.05) is 0 Å². The lowest BCUT2D eigenvalue weighted by atomic mass is 10.2. The lowest BCUT2D eigenvalue weighted by molar-refractivity contribution is 0.617. The molecule has 0 fully saturated rings. The van der Waals surface area contributed by atoms with Crippen molar-refractivity contribution < 1.29 is 4.39 Å². The maximum Gasteiger partial charge on any atom is 0.183 e. The summed E-state index contributed by atoms with van der Waals surface area (Å²) in [5, 5.41) is 11.3. The molecule has 1 aromatic carbocycles. The number of amidine groups is 1. The topological polar surface area (TPSA) is 48.2 Å². The fraction of sp³-hybridized carbons (Fsp3) is 0.200. The number of nitrogens with zero attached hydrogens (tertiary/aromatic N) is 2. The maximum atomic E-state index is 13.3. The first-order valence-electron chi connectivity index (χ1n) is 4.35. The third kappa shape index (κ3) is 3.15. The van der Waals surface area contributed by atoms with Crippen molar-refractivity contribution in [2.75, 3.05) is 6.26 Å². The Kier molecular flexibility index (Phi) is 4.65. The van der Waals surface area contributed by atoms with Crippen molar-refractivity contribution in [1.82, 2.24) is 5.32 Å². The first-order valence-corrected chi connectivity index (χ1v) is 6.02. The second-order valence-electron chi connectivity index (χ2n) is 2.95. The van der Waals surface area contributed by atoms with Gasteiger partial charge in [-0.1, -0.05) is 11.8 Å². The molecule has 1 aromatic rings. The highest BCUT2D eigenvalue weighted by molar-refractivity contribution is 8.13. The van der Waals surface area contributed by atoms with Crippen LogP contribution in [0.25, 0.3) is 0 Å². The van der Waals surface area contributed by atoms with E-state index in [0.717, 1.165) is 0 Å². The molecule has 0 saturated carbocycles. The van der Waals surface area contributed by atoms with Crippen LogP contribution >= 0.6 is 24.4 Å². The van der Waals surface area contributed by atoms with Crippen molar-refractivity contribution in [1.29, 1.82) is 5.26 Å². The van der Waals surface area contributed by atoms with Gasteiger partial charge in [0.05, 0.1) is 5.69 Å². The molecule has 6 heteroatoms.